The molecule has 1 aromatic rings. The molecule has 4 nitrogen and oxygen atoms in total. The molecule has 0 heterocycles. The number of ketones is 2. The van der Waals surface area contributed by atoms with Crippen LogP contribution < -0.4 is 4.74 Å². The van der Waals surface area contributed by atoms with Crippen molar-refractivity contribution in [3.05, 3.63) is 56.7 Å². The van der Waals surface area contributed by atoms with Gasteiger partial charge in [-0.2, -0.15) is 0 Å². The number of aryl methyl sites for hydroxylation is 2. The van der Waals surface area contributed by atoms with Gasteiger partial charge < -0.3 is 9.16 Å². The molecule has 6 heteroatoms. The molecule has 0 amide bonds. The van der Waals surface area contributed by atoms with Gasteiger partial charge >= 0.3 is 0 Å². The second kappa shape index (κ2) is 7.08. The van der Waals surface area contributed by atoms with Crippen molar-refractivity contribution in [1.82, 2.24) is 0 Å². The summed E-state index contributed by atoms with van der Waals surface area (Å²) in [7, 11) is -0.347. The molecular weight excluding hydrogens is 404 g/mol. The number of ether oxygens (including phenoxy) is 1. The molecule has 0 spiro atoms. The number of halogens is 1. The molecule has 0 fully saturated rings. The molecule has 152 valence electrons. The number of allylic oxidation sites excluding steroid dienone is 4. The normalized spacial score (nSPS) is 21.6. The first-order chi connectivity index (χ1) is 13.6. The van der Waals surface area contributed by atoms with Crippen molar-refractivity contribution in [2.45, 2.75) is 51.9 Å². The van der Waals surface area contributed by atoms with E-state index in [4.69, 9.17) is 20.8 Å². The van der Waals surface area contributed by atoms with E-state index in [1.54, 1.807) is 7.11 Å². The van der Waals surface area contributed by atoms with Gasteiger partial charge in [0.2, 0.25) is 5.78 Å². The van der Waals surface area contributed by atoms with Crippen molar-refractivity contribution in [2.75, 3.05) is 7.11 Å². The predicted molar refractivity (Wildman–Crippen MR) is 117 cm³/mol. The number of Topliss-reactive ketones (excluding diaryl/α,β-unsaturated/α-hetero) is 1. The molecule has 4 rings (SSSR count). The zero-order valence-electron chi connectivity index (χ0n) is 17.4. The third kappa shape index (κ3) is 3.45. The number of benzene rings is 1. The van der Waals surface area contributed by atoms with Gasteiger partial charge in [-0.15, -0.1) is 0 Å². The third-order valence-corrected chi connectivity index (χ3v) is 6.87. The van der Waals surface area contributed by atoms with E-state index in [-0.39, 0.29) is 16.6 Å². The largest absolute Gasteiger partial charge is 0.496 e. The fourth-order valence-corrected chi connectivity index (χ4v) is 5.73. The van der Waals surface area contributed by atoms with Gasteiger partial charge in [0.1, 0.15) is 5.75 Å². The van der Waals surface area contributed by atoms with Crippen LogP contribution in [0.15, 0.2) is 40.0 Å². The van der Waals surface area contributed by atoms with E-state index in [0.717, 1.165) is 40.9 Å². The number of methoxy groups -OCH3 is 1. The molecule has 1 aromatic carbocycles. The first kappa shape index (κ1) is 20.3. The van der Waals surface area contributed by atoms with Gasteiger partial charge in [-0.05, 0) is 67.7 Å². The molecule has 3 aliphatic carbocycles. The maximum atomic E-state index is 13.0. The topological polar surface area (TPSA) is 52.6 Å². The second-order valence-electron chi connectivity index (χ2n) is 8.87. The smallest absolute Gasteiger partial charge is 0.203 e. The van der Waals surface area contributed by atoms with Gasteiger partial charge in [-0.3, -0.25) is 9.59 Å². The summed E-state index contributed by atoms with van der Waals surface area (Å²) in [5.41, 5.74) is 6.53. The minimum atomic E-state index is -2.02. The van der Waals surface area contributed by atoms with E-state index in [1.807, 2.05) is 6.07 Å². The van der Waals surface area contributed by atoms with Crippen molar-refractivity contribution in [1.29, 1.82) is 0 Å². The summed E-state index contributed by atoms with van der Waals surface area (Å²) in [5, 5.41) is -0.0219. The Morgan fingerprint density at radius 1 is 1.10 bits per heavy atom. The fourth-order valence-electron chi connectivity index (χ4n) is 4.56. The van der Waals surface area contributed by atoms with Crippen LogP contribution in [0.3, 0.4) is 0 Å². The number of rotatable bonds is 3. The van der Waals surface area contributed by atoms with Gasteiger partial charge in [0.15, 0.2) is 14.1 Å². The zero-order chi connectivity index (χ0) is 21.1. The first-order valence-corrected chi connectivity index (χ1v) is 13.7. The number of carbonyl (C=O) groups excluding carboxylic acids is 2. The molecular formula is C23H25ClO4Si. The summed E-state index contributed by atoms with van der Waals surface area (Å²) in [6.45, 7) is 8.33. The van der Waals surface area contributed by atoms with E-state index >= 15 is 0 Å². The van der Waals surface area contributed by atoms with E-state index < -0.39 is 14.4 Å². The Hall–Kier alpha value is -1.95. The molecule has 1 unspecified atom stereocenters. The van der Waals surface area contributed by atoms with Crippen molar-refractivity contribution in [3.8, 4) is 5.75 Å². The molecule has 0 aromatic heterocycles. The monoisotopic (exact) mass is 428 g/mol. The Labute approximate surface area is 177 Å². The fraction of sp³-hybridized carbons (Fsp3) is 0.391. The highest BCUT2D eigenvalue weighted by Gasteiger charge is 2.43. The highest BCUT2D eigenvalue weighted by atomic mass is 35.5. The Bertz CT molecular complexity index is 1040. The maximum absolute atomic E-state index is 13.0. The van der Waals surface area contributed by atoms with Gasteiger partial charge in [-0.25, -0.2) is 0 Å². The third-order valence-electron chi connectivity index (χ3n) is 5.65. The molecule has 0 saturated heterocycles. The van der Waals surface area contributed by atoms with Crippen LogP contribution in [0, 0.1) is 6.92 Å². The van der Waals surface area contributed by atoms with Crippen LogP contribution >= 0.6 is 11.6 Å². The van der Waals surface area contributed by atoms with E-state index in [1.165, 1.54) is 11.6 Å². The van der Waals surface area contributed by atoms with Gasteiger partial charge in [0.05, 0.1) is 18.2 Å². The first-order valence-electron chi connectivity index (χ1n) is 9.87. The lowest BCUT2D eigenvalue weighted by Crippen LogP contribution is -2.41. The average Bonchev–Trinajstić information content (AvgIpc) is 2.63. The van der Waals surface area contributed by atoms with Crippen molar-refractivity contribution < 1.29 is 18.8 Å². The maximum Gasteiger partial charge on any atom is 0.203 e. The minimum absolute atomic E-state index is 0.0219. The Morgan fingerprint density at radius 3 is 2.48 bits per heavy atom. The Morgan fingerprint density at radius 2 is 1.83 bits per heavy atom. The van der Waals surface area contributed by atoms with Gasteiger partial charge in [-0.1, -0.05) is 17.7 Å². The summed E-state index contributed by atoms with van der Waals surface area (Å²) < 4.78 is 12.2. The zero-order valence-corrected chi connectivity index (χ0v) is 19.2. The lowest BCUT2D eigenvalue weighted by Gasteiger charge is -2.39. The quantitative estimate of drug-likeness (QED) is 0.507. The average molecular weight is 429 g/mol. The molecule has 3 aliphatic rings. The van der Waals surface area contributed by atoms with Crippen LogP contribution in [-0.4, -0.2) is 33.1 Å². The van der Waals surface area contributed by atoms with Crippen LogP contribution in [0.25, 0.3) is 5.57 Å². The minimum Gasteiger partial charge on any atom is -0.496 e. The lowest BCUT2D eigenvalue weighted by molar-refractivity contribution is -0.116. The highest BCUT2D eigenvalue weighted by Crippen LogP contribution is 2.49. The van der Waals surface area contributed by atoms with E-state index in [9.17, 15) is 9.59 Å². The van der Waals surface area contributed by atoms with Gasteiger partial charge in [0, 0.05) is 29.2 Å². The standard InChI is InChI=1S/C23H25ClO4Si/c1-12-8-13-6-7-14-15(20(13)19(9-12)27-2)10-16-18(25)11-17(24)22(26)21(16)23(14)28-29(3,4)5/h8-9,11,23H,6-7,10H2,1-5H3. The van der Waals surface area contributed by atoms with Crippen LogP contribution in [0.5, 0.6) is 5.75 Å². The number of fused-ring (bicyclic) bond motifs is 2. The summed E-state index contributed by atoms with van der Waals surface area (Å²) in [6, 6.07) is 4.21. The van der Waals surface area contributed by atoms with Crippen LogP contribution in [0.4, 0.5) is 0 Å². The number of hydrogen-bond donors (Lipinski definition) is 0. The van der Waals surface area contributed by atoms with Crippen molar-refractivity contribution in [3.63, 3.8) is 0 Å². The second-order valence-corrected chi connectivity index (χ2v) is 13.7. The van der Waals surface area contributed by atoms with Crippen LogP contribution in [-0.2, 0) is 20.4 Å². The van der Waals surface area contributed by atoms with Gasteiger partial charge in [0.25, 0.3) is 0 Å². The number of hydrogen-bond acceptors (Lipinski definition) is 4. The lowest BCUT2D eigenvalue weighted by atomic mass is 9.71. The molecule has 0 aliphatic heterocycles. The summed E-state index contributed by atoms with van der Waals surface area (Å²) >= 11 is 6.12. The molecule has 1 atom stereocenters. The SMILES string of the molecule is COc1cc(C)cc2c1C1=C(CC2)C(O[Si](C)(C)C)C2=C(C1)C(=O)C=C(Cl)C2=O. The van der Waals surface area contributed by atoms with Crippen molar-refractivity contribution >= 4 is 37.1 Å². The van der Waals surface area contributed by atoms with E-state index in [2.05, 4.69) is 32.6 Å². The highest BCUT2D eigenvalue weighted by molar-refractivity contribution is 6.69. The molecule has 0 saturated carbocycles. The molecule has 0 bridgehead atoms. The van der Waals surface area contributed by atoms with Crippen LogP contribution in [0.2, 0.25) is 19.6 Å². The summed E-state index contributed by atoms with van der Waals surface area (Å²) in [4.78, 5) is 25.8. The summed E-state index contributed by atoms with van der Waals surface area (Å²) in [6.07, 6.45) is 2.79. The predicted octanol–water partition coefficient (Wildman–Crippen LogP) is 4.90. The molecule has 29 heavy (non-hydrogen) atoms. The Balaban J connectivity index is 1.94. The van der Waals surface area contributed by atoms with Crippen molar-refractivity contribution in [2.24, 2.45) is 0 Å². The number of carbonyl (C=O) groups is 2. The Kier molecular flexibility index (Phi) is 4.96. The van der Waals surface area contributed by atoms with Crippen LogP contribution in [0.1, 0.15) is 29.5 Å². The molecule has 0 radical (unpaired) electrons. The molecule has 0 N–H and O–H groups in total. The summed E-state index contributed by atoms with van der Waals surface area (Å²) in [5.74, 6) is 0.336. The van der Waals surface area contributed by atoms with E-state index in [0.29, 0.717) is 17.6 Å².